The Bertz CT molecular complexity index is 431. The van der Waals surface area contributed by atoms with Gasteiger partial charge in [-0.1, -0.05) is 0 Å². The second-order valence-electron chi connectivity index (χ2n) is 4.56. The molecule has 0 aliphatic carbocycles. The lowest BCUT2D eigenvalue weighted by atomic mass is 10.4. The van der Waals surface area contributed by atoms with Crippen LogP contribution in [0.25, 0.3) is 0 Å². The summed E-state index contributed by atoms with van der Waals surface area (Å²) in [5, 5.41) is 6.48. The second-order valence-corrected chi connectivity index (χ2v) is 5.73. The molecule has 0 aromatic heterocycles. The van der Waals surface area contributed by atoms with E-state index < -0.39 is 0 Å². The van der Waals surface area contributed by atoms with E-state index in [9.17, 15) is 4.39 Å². The standard InChI is InChI=1S/C15H24FN3OS.HI/c1-4-17-15(19-12(2)11-20-3)18-9-10-21-14-7-5-13(16)6-8-14;/h5-8,12H,4,9-11H2,1-3H3,(H2,17,18,19);1H. The number of aliphatic imine (C=N–C) groups is 1. The molecule has 2 N–H and O–H groups in total. The highest BCUT2D eigenvalue weighted by molar-refractivity contribution is 14.0. The number of nitrogens with zero attached hydrogens (tertiary/aromatic N) is 1. The molecule has 0 heterocycles. The third-order valence-corrected chi connectivity index (χ3v) is 3.58. The minimum absolute atomic E-state index is 0. The Morgan fingerprint density at radius 3 is 2.64 bits per heavy atom. The van der Waals surface area contributed by atoms with Crippen molar-refractivity contribution in [2.45, 2.75) is 24.8 Å². The number of thioether (sulfide) groups is 1. The minimum Gasteiger partial charge on any atom is -0.383 e. The first-order valence-corrected chi connectivity index (χ1v) is 8.06. The van der Waals surface area contributed by atoms with Crippen molar-refractivity contribution in [1.82, 2.24) is 10.6 Å². The van der Waals surface area contributed by atoms with E-state index in [1.807, 2.05) is 13.8 Å². The summed E-state index contributed by atoms with van der Waals surface area (Å²) in [5.41, 5.74) is 0. The smallest absolute Gasteiger partial charge is 0.191 e. The van der Waals surface area contributed by atoms with Gasteiger partial charge in [-0.25, -0.2) is 4.39 Å². The number of ether oxygens (including phenoxy) is 1. The van der Waals surface area contributed by atoms with Crippen molar-refractivity contribution in [1.29, 1.82) is 0 Å². The van der Waals surface area contributed by atoms with Gasteiger partial charge in [-0.2, -0.15) is 0 Å². The third-order valence-electron chi connectivity index (χ3n) is 2.59. The quantitative estimate of drug-likeness (QED) is 0.214. The Hall–Kier alpha value is -0.540. The molecule has 1 aromatic carbocycles. The molecular formula is C15H25FIN3OS. The Balaban J connectivity index is 0.00000441. The zero-order valence-corrected chi connectivity index (χ0v) is 16.4. The van der Waals surface area contributed by atoms with Crippen LogP contribution in [0.4, 0.5) is 4.39 Å². The van der Waals surface area contributed by atoms with Crippen LogP contribution >= 0.6 is 35.7 Å². The van der Waals surface area contributed by atoms with Gasteiger partial charge in [-0.05, 0) is 38.1 Å². The number of nitrogens with one attached hydrogen (secondary N) is 2. The molecule has 0 saturated heterocycles. The fourth-order valence-corrected chi connectivity index (χ4v) is 2.44. The van der Waals surface area contributed by atoms with E-state index in [-0.39, 0.29) is 35.8 Å². The number of guanidine groups is 1. The molecule has 4 nitrogen and oxygen atoms in total. The number of hydrogen-bond donors (Lipinski definition) is 2. The molecule has 1 aromatic rings. The third kappa shape index (κ3) is 9.47. The molecule has 0 bridgehead atoms. The zero-order chi connectivity index (χ0) is 15.5. The molecule has 0 spiro atoms. The van der Waals surface area contributed by atoms with E-state index in [4.69, 9.17) is 4.74 Å². The number of rotatable bonds is 8. The Kier molecular flexibility index (Phi) is 12.6. The van der Waals surface area contributed by atoms with Gasteiger partial charge in [0.25, 0.3) is 0 Å². The molecule has 0 fully saturated rings. The van der Waals surface area contributed by atoms with Gasteiger partial charge in [0.05, 0.1) is 13.2 Å². The van der Waals surface area contributed by atoms with Crippen LogP contribution in [0.5, 0.6) is 0 Å². The van der Waals surface area contributed by atoms with E-state index >= 15 is 0 Å². The average Bonchev–Trinajstić information content (AvgIpc) is 2.46. The van der Waals surface area contributed by atoms with Crippen molar-refractivity contribution in [2.75, 3.05) is 32.6 Å². The van der Waals surface area contributed by atoms with Crippen molar-refractivity contribution in [3.8, 4) is 0 Å². The molecule has 1 rings (SSSR count). The van der Waals surface area contributed by atoms with Gasteiger partial charge in [0.15, 0.2) is 5.96 Å². The Morgan fingerprint density at radius 2 is 2.05 bits per heavy atom. The van der Waals surface area contributed by atoms with Crippen LogP contribution in [0, 0.1) is 5.82 Å². The predicted molar refractivity (Wildman–Crippen MR) is 103 cm³/mol. The van der Waals surface area contributed by atoms with Crippen LogP contribution in [0.3, 0.4) is 0 Å². The summed E-state index contributed by atoms with van der Waals surface area (Å²) in [6, 6.07) is 6.73. The summed E-state index contributed by atoms with van der Waals surface area (Å²) in [6.45, 7) is 6.22. The normalized spacial score (nSPS) is 12.5. The van der Waals surface area contributed by atoms with Gasteiger partial charge >= 0.3 is 0 Å². The van der Waals surface area contributed by atoms with Gasteiger partial charge in [0, 0.05) is 30.3 Å². The molecule has 1 atom stereocenters. The predicted octanol–water partition coefficient (Wildman–Crippen LogP) is 3.13. The van der Waals surface area contributed by atoms with Crippen LogP contribution in [0.2, 0.25) is 0 Å². The highest BCUT2D eigenvalue weighted by Crippen LogP contribution is 2.17. The molecule has 0 aliphatic heterocycles. The molecule has 126 valence electrons. The van der Waals surface area contributed by atoms with E-state index in [0.717, 1.165) is 23.2 Å². The minimum atomic E-state index is -0.205. The maximum Gasteiger partial charge on any atom is 0.191 e. The van der Waals surface area contributed by atoms with Gasteiger partial charge in [0.2, 0.25) is 0 Å². The molecule has 1 unspecified atom stereocenters. The number of halogens is 2. The molecule has 7 heteroatoms. The van der Waals surface area contributed by atoms with Crippen LogP contribution in [-0.4, -0.2) is 44.6 Å². The lowest BCUT2D eigenvalue weighted by molar-refractivity contribution is 0.179. The lowest BCUT2D eigenvalue weighted by Crippen LogP contribution is -2.44. The number of methoxy groups -OCH3 is 1. The summed E-state index contributed by atoms with van der Waals surface area (Å²) in [6.07, 6.45) is 0. The van der Waals surface area contributed by atoms with Crippen LogP contribution < -0.4 is 10.6 Å². The van der Waals surface area contributed by atoms with Crippen LogP contribution in [-0.2, 0) is 4.74 Å². The highest BCUT2D eigenvalue weighted by atomic mass is 127. The Labute approximate surface area is 153 Å². The monoisotopic (exact) mass is 441 g/mol. The van der Waals surface area contributed by atoms with E-state index in [1.165, 1.54) is 12.1 Å². The molecule has 0 saturated carbocycles. The van der Waals surface area contributed by atoms with E-state index in [2.05, 4.69) is 15.6 Å². The molecule has 22 heavy (non-hydrogen) atoms. The van der Waals surface area contributed by atoms with Crippen LogP contribution in [0.1, 0.15) is 13.8 Å². The maximum atomic E-state index is 12.8. The summed E-state index contributed by atoms with van der Waals surface area (Å²) >= 11 is 1.66. The van der Waals surface area contributed by atoms with Crippen molar-refractivity contribution >= 4 is 41.7 Å². The summed E-state index contributed by atoms with van der Waals surface area (Å²) < 4.78 is 17.9. The summed E-state index contributed by atoms with van der Waals surface area (Å²) in [5.74, 6) is 1.44. The largest absolute Gasteiger partial charge is 0.383 e. The summed E-state index contributed by atoms with van der Waals surface area (Å²) in [4.78, 5) is 5.57. The van der Waals surface area contributed by atoms with Gasteiger partial charge in [-0.3, -0.25) is 4.99 Å². The average molecular weight is 441 g/mol. The van der Waals surface area contributed by atoms with Crippen molar-refractivity contribution in [3.63, 3.8) is 0 Å². The highest BCUT2D eigenvalue weighted by Gasteiger charge is 2.04. The molecule has 0 aliphatic rings. The van der Waals surface area contributed by atoms with E-state index in [1.54, 1.807) is 31.0 Å². The first-order chi connectivity index (χ1) is 10.2. The fourth-order valence-electron chi connectivity index (χ4n) is 1.70. The van der Waals surface area contributed by atoms with Crippen molar-refractivity contribution in [2.24, 2.45) is 4.99 Å². The first-order valence-electron chi connectivity index (χ1n) is 7.07. The Morgan fingerprint density at radius 1 is 1.36 bits per heavy atom. The summed E-state index contributed by atoms with van der Waals surface area (Å²) in [7, 11) is 1.68. The number of benzene rings is 1. The van der Waals surface area contributed by atoms with Crippen molar-refractivity contribution in [3.05, 3.63) is 30.1 Å². The SMILES string of the molecule is CCNC(=NCCSc1ccc(F)cc1)NC(C)COC.I. The maximum absolute atomic E-state index is 12.8. The van der Waals surface area contributed by atoms with Gasteiger partial charge in [-0.15, -0.1) is 35.7 Å². The topological polar surface area (TPSA) is 45.7 Å². The van der Waals surface area contributed by atoms with Crippen molar-refractivity contribution < 1.29 is 9.13 Å². The lowest BCUT2D eigenvalue weighted by Gasteiger charge is -2.16. The molecule has 0 radical (unpaired) electrons. The fraction of sp³-hybridized carbons (Fsp3) is 0.533. The van der Waals surface area contributed by atoms with Gasteiger partial charge < -0.3 is 15.4 Å². The van der Waals surface area contributed by atoms with Crippen LogP contribution in [0.15, 0.2) is 34.2 Å². The zero-order valence-electron chi connectivity index (χ0n) is 13.3. The first kappa shape index (κ1) is 21.5. The molecular weight excluding hydrogens is 416 g/mol. The number of hydrogen-bond acceptors (Lipinski definition) is 3. The second kappa shape index (κ2) is 13.0. The van der Waals surface area contributed by atoms with Gasteiger partial charge in [0.1, 0.15) is 5.82 Å². The molecule has 0 amide bonds. The van der Waals surface area contributed by atoms with E-state index in [0.29, 0.717) is 13.2 Å².